The standard InChI is InChI=1S/C28H38N6O4/c1-7-34-27(36)33-17-20-14-21(37-5)15-23(38-6)22(20)8-9-24(33)28(34)10-12-32(13-11-28)26(35)30-25-18(2)16-29-31(4)19(25)3/h9,14-16,18H,7-8,10-13,17H2,1-6H3,(H,30,35). The summed E-state index contributed by atoms with van der Waals surface area (Å²) in [6, 6.07) is 3.81. The average Bonchev–Trinajstić information content (AvgIpc) is 3.04. The minimum absolute atomic E-state index is 0.0189. The zero-order valence-corrected chi connectivity index (χ0v) is 23.2. The third kappa shape index (κ3) is 4.06. The van der Waals surface area contributed by atoms with Gasteiger partial charge in [0.15, 0.2) is 0 Å². The predicted molar refractivity (Wildman–Crippen MR) is 145 cm³/mol. The van der Waals surface area contributed by atoms with E-state index in [2.05, 4.69) is 16.5 Å². The van der Waals surface area contributed by atoms with E-state index < -0.39 is 5.54 Å². The Kier molecular flexibility index (Phi) is 6.75. The molecule has 4 aliphatic rings. The fourth-order valence-electron chi connectivity index (χ4n) is 6.30. The van der Waals surface area contributed by atoms with Crippen molar-refractivity contribution in [2.75, 3.05) is 40.9 Å². The molecule has 1 aromatic rings. The minimum Gasteiger partial charge on any atom is -0.497 e. The van der Waals surface area contributed by atoms with E-state index in [1.165, 1.54) is 0 Å². The van der Waals surface area contributed by atoms with E-state index in [1.54, 1.807) is 19.2 Å². The number of likely N-dealkylation sites (N-methyl/N-ethyl adjacent to an activating group) is 1. The number of rotatable bonds is 4. The van der Waals surface area contributed by atoms with Crippen LogP contribution in [0.4, 0.5) is 9.59 Å². The molecular formula is C28H38N6O4. The molecule has 1 N–H and O–H groups in total. The molecular weight excluding hydrogens is 484 g/mol. The van der Waals surface area contributed by atoms with Crippen LogP contribution in [0.2, 0.25) is 0 Å². The lowest BCUT2D eigenvalue weighted by Crippen LogP contribution is -2.56. The SMILES string of the molecule is CCN1C(=O)N2Cc3cc(OC)cc(OC)c3CC=C2C12CCN(C(=O)NC1=C(C)N(C)N=CC1C)CC2. The number of methoxy groups -OCH3 is 2. The van der Waals surface area contributed by atoms with Gasteiger partial charge in [-0.15, -0.1) is 0 Å². The van der Waals surface area contributed by atoms with Gasteiger partial charge in [0.05, 0.1) is 32.0 Å². The van der Waals surface area contributed by atoms with Gasteiger partial charge >= 0.3 is 12.1 Å². The lowest BCUT2D eigenvalue weighted by atomic mass is 9.83. The number of benzene rings is 1. The van der Waals surface area contributed by atoms with E-state index in [1.807, 2.05) is 60.9 Å². The highest BCUT2D eigenvalue weighted by Gasteiger charge is 2.54. The Balaban J connectivity index is 1.38. The lowest BCUT2D eigenvalue weighted by molar-refractivity contribution is 0.103. The van der Waals surface area contributed by atoms with Gasteiger partial charge in [-0.2, -0.15) is 5.10 Å². The summed E-state index contributed by atoms with van der Waals surface area (Å²) >= 11 is 0. The highest BCUT2D eigenvalue weighted by atomic mass is 16.5. The summed E-state index contributed by atoms with van der Waals surface area (Å²) in [4.78, 5) is 32.8. The first-order chi connectivity index (χ1) is 18.2. The minimum atomic E-state index is -0.428. The van der Waals surface area contributed by atoms with Gasteiger partial charge < -0.3 is 24.6 Å². The maximum absolute atomic E-state index is 13.7. The fraction of sp³-hybridized carbons (Fsp3) is 0.536. The molecule has 0 aromatic heterocycles. The van der Waals surface area contributed by atoms with Gasteiger partial charge in [-0.1, -0.05) is 13.0 Å². The number of allylic oxidation sites excluding steroid dienone is 3. The summed E-state index contributed by atoms with van der Waals surface area (Å²) in [7, 11) is 5.18. The Bertz CT molecular complexity index is 1230. The Hall–Kier alpha value is -3.69. The normalized spacial score (nSPS) is 22.3. The molecule has 38 heavy (non-hydrogen) atoms. The molecule has 204 valence electrons. The number of piperidine rings is 1. The van der Waals surface area contributed by atoms with Crippen LogP contribution in [0, 0.1) is 5.92 Å². The molecule has 0 aliphatic carbocycles. The smallest absolute Gasteiger partial charge is 0.325 e. The summed E-state index contributed by atoms with van der Waals surface area (Å²) in [6.45, 7) is 8.24. The van der Waals surface area contributed by atoms with Crippen molar-refractivity contribution in [3.8, 4) is 11.5 Å². The molecule has 0 saturated carbocycles. The van der Waals surface area contributed by atoms with Crippen LogP contribution in [-0.2, 0) is 13.0 Å². The van der Waals surface area contributed by atoms with Crippen LogP contribution in [0.5, 0.6) is 11.5 Å². The second-order valence-electron chi connectivity index (χ2n) is 10.4. The Morgan fingerprint density at radius 3 is 2.61 bits per heavy atom. The highest BCUT2D eigenvalue weighted by molar-refractivity contribution is 5.83. The van der Waals surface area contributed by atoms with Crippen molar-refractivity contribution in [1.29, 1.82) is 0 Å². The molecule has 10 nitrogen and oxygen atoms in total. The Labute approximate surface area is 224 Å². The third-order valence-corrected chi connectivity index (χ3v) is 8.53. The van der Waals surface area contributed by atoms with Crippen LogP contribution < -0.4 is 14.8 Å². The van der Waals surface area contributed by atoms with Gasteiger partial charge in [-0.25, -0.2) is 9.59 Å². The Morgan fingerprint density at radius 1 is 1.21 bits per heavy atom. The summed E-state index contributed by atoms with van der Waals surface area (Å²) in [5.41, 5.74) is 4.53. The van der Waals surface area contributed by atoms with Crippen molar-refractivity contribution in [1.82, 2.24) is 25.0 Å². The number of nitrogens with one attached hydrogen (secondary N) is 1. The number of nitrogens with zero attached hydrogens (tertiary/aromatic N) is 5. The average molecular weight is 523 g/mol. The summed E-state index contributed by atoms with van der Waals surface area (Å²) in [5, 5.41) is 9.25. The maximum Gasteiger partial charge on any atom is 0.325 e. The number of hydrogen-bond acceptors (Lipinski definition) is 6. The second-order valence-corrected chi connectivity index (χ2v) is 10.4. The second kappa shape index (κ2) is 9.89. The van der Waals surface area contributed by atoms with Crippen molar-refractivity contribution < 1.29 is 19.1 Å². The Morgan fingerprint density at radius 2 is 1.95 bits per heavy atom. The van der Waals surface area contributed by atoms with Gasteiger partial charge in [0, 0.05) is 61.8 Å². The summed E-state index contributed by atoms with van der Waals surface area (Å²) < 4.78 is 11.2. The molecule has 10 heteroatoms. The van der Waals surface area contributed by atoms with Crippen molar-refractivity contribution >= 4 is 18.3 Å². The number of urea groups is 2. The van der Waals surface area contributed by atoms with Crippen LogP contribution >= 0.6 is 0 Å². The number of hydrogen-bond donors (Lipinski definition) is 1. The molecule has 1 unspecified atom stereocenters. The lowest BCUT2D eigenvalue weighted by Gasteiger charge is -2.44. The molecule has 2 fully saturated rings. The third-order valence-electron chi connectivity index (χ3n) is 8.53. The number of carbonyl (C=O) groups excluding carboxylic acids is 2. The largest absolute Gasteiger partial charge is 0.497 e. The van der Waals surface area contributed by atoms with Crippen LogP contribution in [0.1, 0.15) is 44.7 Å². The van der Waals surface area contributed by atoms with E-state index in [4.69, 9.17) is 9.47 Å². The van der Waals surface area contributed by atoms with E-state index in [9.17, 15) is 9.59 Å². The number of likely N-dealkylation sites (tertiary alicyclic amines) is 1. The molecule has 4 heterocycles. The van der Waals surface area contributed by atoms with Crippen molar-refractivity contribution in [2.45, 2.75) is 52.1 Å². The number of hydrazone groups is 1. The van der Waals surface area contributed by atoms with Crippen LogP contribution in [0.15, 0.2) is 40.4 Å². The highest BCUT2D eigenvalue weighted by Crippen LogP contribution is 2.46. The molecule has 1 spiro atoms. The van der Waals surface area contributed by atoms with Crippen LogP contribution in [0.3, 0.4) is 0 Å². The molecule has 5 rings (SSSR count). The number of ether oxygens (including phenoxy) is 2. The number of amides is 4. The van der Waals surface area contributed by atoms with Crippen LogP contribution in [-0.4, -0.2) is 84.4 Å². The molecule has 4 amide bonds. The van der Waals surface area contributed by atoms with Gasteiger partial charge in [-0.05, 0) is 44.7 Å². The molecule has 2 saturated heterocycles. The van der Waals surface area contributed by atoms with Gasteiger partial charge in [0.2, 0.25) is 0 Å². The van der Waals surface area contributed by atoms with Crippen molar-refractivity contribution in [3.05, 3.63) is 46.4 Å². The fourth-order valence-corrected chi connectivity index (χ4v) is 6.30. The monoisotopic (exact) mass is 522 g/mol. The molecule has 0 bridgehead atoms. The maximum atomic E-state index is 13.7. The first-order valence-corrected chi connectivity index (χ1v) is 13.3. The zero-order valence-electron chi connectivity index (χ0n) is 23.2. The first kappa shape index (κ1) is 25.9. The summed E-state index contributed by atoms with van der Waals surface area (Å²) in [5.74, 6) is 1.53. The topological polar surface area (TPSA) is 90.0 Å². The number of fused-ring (bicyclic) bond motifs is 3. The molecule has 4 aliphatic heterocycles. The van der Waals surface area contributed by atoms with Gasteiger partial charge in [-0.3, -0.25) is 9.91 Å². The van der Waals surface area contributed by atoms with E-state index >= 15 is 0 Å². The van der Waals surface area contributed by atoms with Gasteiger partial charge in [0.25, 0.3) is 0 Å². The zero-order chi connectivity index (χ0) is 27.2. The molecule has 1 aromatic carbocycles. The quantitative estimate of drug-likeness (QED) is 0.651. The van der Waals surface area contributed by atoms with Crippen LogP contribution in [0.25, 0.3) is 0 Å². The van der Waals surface area contributed by atoms with Gasteiger partial charge in [0.1, 0.15) is 11.5 Å². The van der Waals surface area contributed by atoms with Crippen molar-refractivity contribution in [3.63, 3.8) is 0 Å². The van der Waals surface area contributed by atoms with E-state index in [-0.39, 0.29) is 18.0 Å². The predicted octanol–water partition coefficient (Wildman–Crippen LogP) is 3.74. The number of carbonyl (C=O) groups is 2. The van der Waals surface area contributed by atoms with E-state index in [0.717, 1.165) is 34.0 Å². The molecule has 0 radical (unpaired) electrons. The summed E-state index contributed by atoms with van der Waals surface area (Å²) in [6.07, 6.45) is 6.08. The van der Waals surface area contributed by atoms with E-state index in [0.29, 0.717) is 51.2 Å². The molecule has 1 atom stereocenters. The first-order valence-electron chi connectivity index (χ1n) is 13.3. The van der Waals surface area contributed by atoms with Crippen molar-refractivity contribution in [2.24, 2.45) is 11.0 Å².